The predicted molar refractivity (Wildman–Crippen MR) is 91.1 cm³/mol. The van der Waals surface area contributed by atoms with Gasteiger partial charge in [0.1, 0.15) is 12.1 Å². The second-order valence-corrected chi connectivity index (χ2v) is 7.14. The Hall–Kier alpha value is -2.08. The molecule has 1 aliphatic carbocycles. The lowest BCUT2D eigenvalue weighted by molar-refractivity contribution is -0.167. The number of benzene rings is 1. The van der Waals surface area contributed by atoms with Gasteiger partial charge in [-0.05, 0) is 32.3 Å². The van der Waals surface area contributed by atoms with Gasteiger partial charge in [0, 0.05) is 18.9 Å². The first-order chi connectivity index (χ1) is 11.9. The van der Waals surface area contributed by atoms with E-state index in [9.17, 15) is 14.7 Å². The normalized spacial score (nSPS) is 29.0. The Labute approximate surface area is 147 Å². The molecule has 0 spiro atoms. The summed E-state index contributed by atoms with van der Waals surface area (Å²) in [6, 6.07) is 9.34. The Morgan fingerprint density at radius 1 is 1.20 bits per heavy atom. The van der Waals surface area contributed by atoms with Crippen molar-refractivity contribution in [3.63, 3.8) is 0 Å². The molecule has 1 amide bonds. The highest BCUT2D eigenvalue weighted by atomic mass is 16.6. The van der Waals surface area contributed by atoms with Crippen molar-refractivity contribution in [2.75, 3.05) is 0 Å². The van der Waals surface area contributed by atoms with Crippen LogP contribution in [-0.2, 0) is 20.9 Å². The molecule has 1 aliphatic heterocycles. The molecule has 0 radical (unpaired) electrons. The minimum atomic E-state index is -1.26. The number of ether oxygens (including phenoxy) is 2. The van der Waals surface area contributed by atoms with Crippen molar-refractivity contribution < 1.29 is 24.2 Å². The fourth-order valence-corrected chi connectivity index (χ4v) is 3.80. The van der Waals surface area contributed by atoms with E-state index >= 15 is 0 Å². The third-order valence-corrected chi connectivity index (χ3v) is 4.89. The van der Waals surface area contributed by atoms with E-state index in [1.807, 2.05) is 44.2 Å². The average Bonchev–Trinajstić information content (AvgIpc) is 3.38. The van der Waals surface area contributed by atoms with Gasteiger partial charge in [0.2, 0.25) is 0 Å². The zero-order valence-electron chi connectivity index (χ0n) is 14.7. The number of nitrogens with zero attached hydrogens (tertiary/aromatic N) is 1. The minimum absolute atomic E-state index is 0.0585. The van der Waals surface area contributed by atoms with Crippen molar-refractivity contribution in [3.05, 3.63) is 35.9 Å². The Morgan fingerprint density at radius 2 is 1.80 bits per heavy atom. The molecule has 6 nitrogen and oxygen atoms in total. The number of aliphatic carboxylic acids is 1. The molecule has 1 saturated heterocycles. The molecule has 136 valence electrons. The van der Waals surface area contributed by atoms with Gasteiger partial charge in [-0.15, -0.1) is 0 Å². The molecule has 1 saturated carbocycles. The number of carbonyl (C=O) groups is 2. The third kappa shape index (κ3) is 3.79. The van der Waals surface area contributed by atoms with Crippen molar-refractivity contribution in [1.82, 2.24) is 4.90 Å². The second-order valence-electron chi connectivity index (χ2n) is 7.14. The SMILES string of the molecule is CC1CC(C(=O)O)(N(C(=O)OCc2ccccc2)C2CC2)CC(C)O1. The summed E-state index contributed by atoms with van der Waals surface area (Å²) >= 11 is 0. The zero-order chi connectivity index (χ0) is 18.0. The summed E-state index contributed by atoms with van der Waals surface area (Å²) in [6.07, 6.45) is 1.21. The lowest BCUT2D eigenvalue weighted by atomic mass is 9.82. The molecule has 1 N–H and O–H groups in total. The summed E-state index contributed by atoms with van der Waals surface area (Å²) in [6.45, 7) is 3.85. The molecule has 6 heteroatoms. The Balaban J connectivity index is 1.80. The molecule has 25 heavy (non-hydrogen) atoms. The van der Waals surface area contributed by atoms with Crippen LogP contribution in [0.15, 0.2) is 30.3 Å². The van der Waals surface area contributed by atoms with Crippen LogP contribution in [0.25, 0.3) is 0 Å². The van der Waals surface area contributed by atoms with Crippen molar-refractivity contribution in [3.8, 4) is 0 Å². The highest BCUT2D eigenvalue weighted by Crippen LogP contribution is 2.42. The van der Waals surface area contributed by atoms with Gasteiger partial charge >= 0.3 is 12.1 Å². The summed E-state index contributed by atoms with van der Waals surface area (Å²) < 4.78 is 11.2. The molecule has 2 fully saturated rings. The summed E-state index contributed by atoms with van der Waals surface area (Å²) in [5.41, 5.74) is -0.379. The van der Waals surface area contributed by atoms with Crippen LogP contribution in [0.2, 0.25) is 0 Å². The van der Waals surface area contributed by atoms with Gasteiger partial charge in [-0.1, -0.05) is 30.3 Å². The number of carboxylic acids is 1. The van der Waals surface area contributed by atoms with Crippen molar-refractivity contribution in [2.24, 2.45) is 0 Å². The smallest absolute Gasteiger partial charge is 0.411 e. The standard InChI is InChI=1S/C19H25NO5/c1-13-10-19(17(21)22,11-14(2)25-13)20(16-8-9-16)18(23)24-12-15-6-4-3-5-7-15/h3-7,13-14,16H,8-12H2,1-2H3,(H,21,22). The van der Waals surface area contributed by atoms with E-state index in [1.54, 1.807) is 0 Å². The monoisotopic (exact) mass is 347 g/mol. The van der Waals surface area contributed by atoms with Crippen LogP contribution in [0.4, 0.5) is 4.79 Å². The van der Waals surface area contributed by atoms with E-state index in [1.165, 1.54) is 4.90 Å². The quantitative estimate of drug-likeness (QED) is 0.885. The second kappa shape index (κ2) is 7.04. The van der Waals surface area contributed by atoms with E-state index < -0.39 is 17.6 Å². The first-order valence-corrected chi connectivity index (χ1v) is 8.81. The van der Waals surface area contributed by atoms with E-state index in [2.05, 4.69) is 0 Å². The molecule has 1 aromatic carbocycles. The van der Waals surface area contributed by atoms with E-state index in [0.717, 1.165) is 18.4 Å². The number of carboxylic acid groups (broad SMARTS) is 1. The van der Waals surface area contributed by atoms with Crippen LogP contribution < -0.4 is 0 Å². The van der Waals surface area contributed by atoms with Crippen LogP contribution in [-0.4, -0.2) is 45.9 Å². The van der Waals surface area contributed by atoms with Crippen LogP contribution in [0.3, 0.4) is 0 Å². The molecule has 2 aliphatic rings. The maximum absolute atomic E-state index is 12.8. The van der Waals surface area contributed by atoms with Crippen LogP contribution in [0, 0.1) is 0 Å². The molecule has 1 aromatic rings. The topological polar surface area (TPSA) is 76.1 Å². The van der Waals surface area contributed by atoms with Crippen molar-refractivity contribution in [1.29, 1.82) is 0 Å². The van der Waals surface area contributed by atoms with Crippen LogP contribution in [0.1, 0.15) is 45.1 Å². The van der Waals surface area contributed by atoms with Gasteiger partial charge < -0.3 is 14.6 Å². The van der Waals surface area contributed by atoms with E-state index in [-0.39, 0.29) is 37.7 Å². The van der Waals surface area contributed by atoms with Crippen LogP contribution >= 0.6 is 0 Å². The van der Waals surface area contributed by atoms with Gasteiger partial charge in [0.05, 0.1) is 12.2 Å². The van der Waals surface area contributed by atoms with Crippen molar-refractivity contribution >= 4 is 12.1 Å². The summed E-state index contributed by atoms with van der Waals surface area (Å²) in [5, 5.41) is 10.0. The van der Waals surface area contributed by atoms with Gasteiger partial charge in [-0.2, -0.15) is 0 Å². The lowest BCUT2D eigenvalue weighted by Crippen LogP contribution is -2.63. The van der Waals surface area contributed by atoms with Crippen molar-refractivity contribution in [2.45, 2.75) is 69.9 Å². The molecular formula is C19H25NO5. The van der Waals surface area contributed by atoms with Gasteiger partial charge in [0.15, 0.2) is 0 Å². The fraction of sp³-hybridized carbons (Fsp3) is 0.579. The maximum atomic E-state index is 12.8. The summed E-state index contributed by atoms with van der Waals surface area (Å²) in [5.74, 6) is -0.974. The number of amides is 1. The number of rotatable bonds is 5. The Morgan fingerprint density at radius 3 is 2.32 bits per heavy atom. The fourth-order valence-electron chi connectivity index (χ4n) is 3.80. The maximum Gasteiger partial charge on any atom is 0.411 e. The molecule has 1 heterocycles. The Bertz CT molecular complexity index is 618. The zero-order valence-corrected chi connectivity index (χ0v) is 14.7. The molecular weight excluding hydrogens is 322 g/mol. The van der Waals surface area contributed by atoms with E-state index in [0.29, 0.717) is 0 Å². The molecule has 2 atom stereocenters. The molecule has 3 rings (SSSR count). The van der Waals surface area contributed by atoms with E-state index in [4.69, 9.17) is 9.47 Å². The summed E-state index contributed by atoms with van der Waals surface area (Å²) in [7, 11) is 0. The molecule has 2 unspecified atom stereocenters. The molecule has 0 bridgehead atoms. The summed E-state index contributed by atoms with van der Waals surface area (Å²) in [4.78, 5) is 26.5. The molecule has 0 aromatic heterocycles. The predicted octanol–water partition coefficient (Wildman–Crippen LogP) is 3.20. The highest BCUT2D eigenvalue weighted by molar-refractivity contribution is 5.85. The number of hydrogen-bond donors (Lipinski definition) is 1. The average molecular weight is 347 g/mol. The third-order valence-electron chi connectivity index (χ3n) is 4.89. The number of hydrogen-bond acceptors (Lipinski definition) is 4. The van der Waals surface area contributed by atoms with Crippen LogP contribution in [0.5, 0.6) is 0 Å². The lowest BCUT2D eigenvalue weighted by Gasteiger charge is -2.46. The van der Waals surface area contributed by atoms with Gasteiger partial charge in [-0.25, -0.2) is 9.59 Å². The highest BCUT2D eigenvalue weighted by Gasteiger charge is 2.56. The first-order valence-electron chi connectivity index (χ1n) is 8.81. The largest absolute Gasteiger partial charge is 0.479 e. The Kier molecular flexibility index (Phi) is 4.99. The number of carbonyl (C=O) groups excluding carboxylic acids is 1. The minimum Gasteiger partial charge on any atom is -0.479 e. The van der Waals surface area contributed by atoms with Gasteiger partial charge in [0.25, 0.3) is 0 Å². The first kappa shape index (κ1) is 17.7. The van der Waals surface area contributed by atoms with Gasteiger partial charge in [-0.3, -0.25) is 4.90 Å².